The molecule has 2 nitrogen and oxygen atoms in total. The van der Waals surface area contributed by atoms with Crippen LogP contribution in [0.25, 0.3) is 10.2 Å². The normalized spacial score (nSPS) is 13.1. The Morgan fingerprint density at radius 2 is 2.18 bits per heavy atom. The predicted molar refractivity (Wildman–Crippen MR) is 75.6 cm³/mol. The van der Waals surface area contributed by atoms with Crippen molar-refractivity contribution in [1.29, 1.82) is 0 Å². The van der Waals surface area contributed by atoms with Crippen LogP contribution in [-0.2, 0) is 6.42 Å². The molecule has 92 valence electrons. The molecule has 0 spiro atoms. The topological polar surface area (TPSA) is 24.9 Å². The maximum absolute atomic E-state index is 4.63. The summed E-state index contributed by atoms with van der Waals surface area (Å²) < 4.78 is 1.30. The van der Waals surface area contributed by atoms with Gasteiger partial charge in [-0.15, -0.1) is 11.3 Å². The van der Waals surface area contributed by atoms with E-state index in [1.165, 1.54) is 16.1 Å². The minimum atomic E-state index is 0.769. The van der Waals surface area contributed by atoms with E-state index in [1.807, 2.05) is 17.4 Å². The fraction of sp³-hybridized carbons (Fsp3) is 0.500. The zero-order chi connectivity index (χ0) is 12.1. The van der Waals surface area contributed by atoms with Crippen LogP contribution in [0.5, 0.6) is 0 Å². The van der Waals surface area contributed by atoms with E-state index in [0.29, 0.717) is 0 Å². The first-order valence-electron chi connectivity index (χ1n) is 6.34. The van der Waals surface area contributed by atoms with Gasteiger partial charge in [-0.3, -0.25) is 0 Å². The van der Waals surface area contributed by atoms with Crippen molar-refractivity contribution in [3.8, 4) is 0 Å². The third kappa shape index (κ3) is 3.51. The molecule has 1 aromatic heterocycles. The molecule has 3 heteroatoms. The highest BCUT2D eigenvalue weighted by atomic mass is 32.1. The van der Waals surface area contributed by atoms with Crippen LogP contribution in [0.3, 0.4) is 0 Å². The molecule has 0 saturated carbocycles. The summed E-state index contributed by atoms with van der Waals surface area (Å²) in [7, 11) is 0. The molecule has 0 fully saturated rings. The molecule has 0 aliphatic rings. The number of benzene rings is 1. The van der Waals surface area contributed by atoms with E-state index in [0.717, 1.165) is 30.9 Å². The highest BCUT2D eigenvalue weighted by Gasteiger charge is 2.03. The second-order valence-electron chi connectivity index (χ2n) is 4.54. The first kappa shape index (κ1) is 12.5. The standard InChI is InChI=1S/C14H20N2S/c1-3-11(2)10-15-9-8-14-16-12-6-4-5-7-13(12)17-14/h4-7,11,15H,3,8-10H2,1-2H3. The van der Waals surface area contributed by atoms with E-state index in [9.17, 15) is 0 Å². The van der Waals surface area contributed by atoms with Crippen LogP contribution in [0.15, 0.2) is 24.3 Å². The molecule has 2 rings (SSSR count). The zero-order valence-corrected chi connectivity index (χ0v) is 11.4. The number of fused-ring (bicyclic) bond motifs is 1. The quantitative estimate of drug-likeness (QED) is 0.792. The first-order chi connectivity index (χ1) is 8.29. The van der Waals surface area contributed by atoms with Gasteiger partial charge in [0.2, 0.25) is 0 Å². The van der Waals surface area contributed by atoms with Crippen molar-refractivity contribution in [2.75, 3.05) is 13.1 Å². The molecule has 0 aliphatic carbocycles. The lowest BCUT2D eigenvalue weighted by molar-refractivity contribution is 0.502. The number of nitrogens with zero attached hydrogens (tertiary/aromatic N) is 1. The van der Waals surface area contributed by atoms with Crippen LogP contribution in [0.2, 0.25) is 0 Å². The van der Waals surface area contributed by atoms with Crippen LogP contribution in [-0.4, -0.2) is 18.1 Å². The van der Waals surface area contributed by atoms with Crippen molar-refractivity contribution >= 4 is 21.6 Å². The summed E-state index contributed by atoms with van der Waals surface area (Å²) in [6.07, 6.45) is 2.28. The van der Waals surface area contributed by atoms with Crippen LogP contribution >= 0.6 is 11.3 Å². The number of para-hydroxylation sites is 1. The number of rotatable bonds is 6. The molecule has 1 N–H and O–H groups in total. The molecule has 0 bridgehead atoms. The second-order valence-corrected chi connectivity index (χ2v) is 5.66. The second kappa shape index (κ2) is 6.12. The van der Waals surface area contributed by atoms with Crippen molar-refractivity contribution in [3.63, 3.8) is 0 Å². The van der Waals surface area contributed by atoms with E-state index in [2.05, 4.69) is 42.3 Å². The van der Waals surface area contributed by atoms with Crippen molar-refractivity contribution in [1.82, 2.24) is 10.3 Å². The van der Waals surface area contributed by atoms with E-state index in [4.69, 9.17) is 0 Å². The molecule has 1 unspecified atom stereocenters. The molecule has 1 atom stereocenters. The summed E-state index contributed by atoms with van der Waals surface area (Å²) in [6.45, 7) is 6.66. The molecule has 0 amide bonds. The Kier molecular flexibility index (Phi) is 4.51. The fourth-order valence-electron chi connectivity index (χ4n) is 1.71. The van der Waals surface area contributed by atoms with Gasteiger partial charge >= 0.3 is 0 Å². The SMILES string of the molecule is CCC(C)CNCCc1nc2ccccc2s1. The number of hydrogen-bond acceptors (Lipinski definition) is 3. The molecule has 0 saturated heterocycles. The monoisotopic (exact) mass is 248 g/mol. The lowest BCUT2D eigenvalue weighted by Crippen LogP contribution is -2.23. The third-order valence-electron chi connectivity index (χ3n) is 3.04. The van der Waals surface area contributed by atoms with Crippen molar-refractivity contribution in [2.45, 2.75) is 26.7 Å². The lowest BCUT2D eigenvalue weighted by atomic mass is 10.1. The molecule has 2 aromatic rings. The zero-order valence-electron chi connectivity index (χ0n) is 10.6. The van der Waals surface area contributed by atoms with Crippen LogP contribution in [0, 0.1) is 5.92 Å². The largest absolute Gasteiger partial charge is 0.316 e. The number of hydrogen-bond donors (Lipinski definition) is 1. The average molecular weight is 248 g/mol. The van der Waals surface area contributed by atoms with Gasteiger partial charge in [-0.1, -0.05) is 32.4 Å². The number of aromatic nitrogens is 1. The molecule has 17 heavy (non-hydrogen) atoms. The van der Waals surface area contributed by atoms with Gasteiger partial charge in [-0.2, -0.15) is 0 Å². The van der Waals surface area contributed by atoms with E-state index in [-0.39, 0.29) is 0 Å². The van der Waals surface area contributed by atoms with Crippen molar-refractivity contribution in [2.24, 2.45) is 5.92 Å². The van der Waals surface area contributed by atoms with Crippen LogP contribution < -0.4 is 5.32 Å². The van der Waals surface area contributed by atoms with Gasteiger partial charge in [-0.25, -0.2) is 4.98 Å². The smallest absolute Gasteiger partial charge is 0.0951 e. The Bertz CT molecular complexity index is 431. The van der Waals surface area contributed by atoms with Crippen LogP contribution in [0.1, 0.15) is 25.3 Å². The predicted octanol–water partition coefficient (Wildman–Crippen LogP) is 3.47. The molecule has 0 aliphatic heterocycles. The minimum Gasteiger partial charge on any atom is -0.316 e. The van der Waals surface area contributed by atoms with E-state index >= 15 is 0 Å². The highest BCUT2D eigenvalue weighted by molar-refractivity contribution is 7.18. The van der Waals surface area contributed by atoms with Gasteiger partial charge in [0.15, 0.2) is 0 Å². The lowest BCUT2D eigenvalue weighted by Gasteiger charge is -2.08. The molecular weight excluding hydrogens is 228 g/mol. The van der Waals surface area contributed by atoms with Crippen molar-refractivity contribution in [3.05, 3.63) is 29.3 Å². The molecular formula is C14H20N2S. The minimum absolute atomic E-state index is 0.769. The summed E-state index contributed by atoms with van der Waals surface area (Å²) >= 11 is 1.81. The van der Waals surface area contributed by atoms with Gasteiger partial charge in [0, 0.05) is 13.0 Å². The summed E-state index contributed by atoms with van der Waals surface area (Å²) in [5.74, 6) is 0.769. The van der Waals surface area contributed by atoms with Crippen LogP contribution in [0.4, 0.5) is 0 Å². The Labute approximate surface area is 107 Å². The summed E-state index contributed by atoms with van der Waals surface area (Å²) in [5, 5.41) is 4.73. The maximum atomic E-state index is 4.63. The Balaban J connectivity index is 1.83. The third-order valence-corrected chi connectivity index (χ3v) is 4.14. The number of nitrogens with one attached hydrogen (secondary N) is 1. The first-order valence-corrected chi connectivity index (χ1v) is 7.16. The Hall–Kier alpha value is -0.930. The molecule has 0 radical (unpaired) electrons. The van der Waals surface area contributed by atoms with E-state index < -0.39 is 0 Å². The van der Waals surface area contributed by atoms with Gasteiger partial charge < -0.3 is 5.32 Å². The van der Waals surface area contributed by atoms with Crippen molar-refractivity contribution < 1.29 is 0 Å². The van der Waals surface area contributed by atoms with Gasteiger partial charge in [0.05, 0.1) is 15.2 Å². The van der Waals surface area contributed by atoms with Gasteiger partial charge in [0.25, 0.3) is 0 Å². The number of thiazole rings is 1. The summed E-state index contributed by atoms with van der Waals surface area (Å²) in [5.41, 5.74) is 1.13. The maximum Gasteiger partial charge on any atom is 0.0951 e. The average Bonchev–Trinajstić information content (AvgIpc) is 2.76. The van der Waals surface area contributed by atoms with Gasteiger partial charge in [0.1, 0.15) is 0 Å². The Morgan fingerprint density at radius 3 is 2.94 bits per heavy atom. The van der Waals surface area contributed by atoms with Gasteiger partial charge in [-0.05, 0) is 24.6 Å². The molecule has 1 heterocycles. The fourth-order valence-corrected chi connectivity index (χ4v) is 2.68. The Morgan fingerprint density at radius 1 is 1.35 bits per heavy atom. The summed E-state index contributed by atoms with van der Waals surface area (Å²) in [6, 6.07) is 8.35. The summed E-state index contributed by atoms with van der Waals surface area (Å²) in [4.78, 5) is 4.63. The molecule has 1 aromatic carbocycles. The van der Waals surface area contributed by atoms with E-state index in [1.54, 1.807) is 0 Å². The highest BCUT2D eigenvalue weighted by Crippen LogP contribution is 2.21.